The lowest BCUT2D eigenvalue weighted by Gasteiger charge is -2.47. The van der Waals surface area contributed by atoms with E-state index in [4.69, 9.17) is 4.42 Å². The number of rotatable bonds is 12. The molecule has 4 aromatic rings. The fraction of sp³-hybridized carbons (Fsp3) is 0.463. The summed E-state index contributed by atoms with van der Waals surface area (Å²) in [4.78, 5) is 40.9. The Morgan fingerprint density at radius 3 is 2.46 bits per heavy atom. The molecule has 6 rings (SSSR count). The summed E-state index contributed by atoms with van der Waals surface area (Å²) >= 11 is 0. The summed E-state index contributed by atoms with van der Waals surface area (Å²) in [7, 11) is 0. The smallest absolute Gasteiger partial charge is 0.239 e. The first-order valence-corrected chi connectivity index (χ1v) is 18.2. The van der Waals surface area contributed by atoms with Crippen LogP contribution in [0.5, 0.6) is 0 Å². The second-order valence-corrected chi connectivity index (χ2v) is 15.8. The minimum Gasteiger partial charge on any atom is -0.439 e. The van der Waals surface area contributed by atoms with Crippen molar-refractivity contribution in [3.05, 3.63) is 108 Å². The summed E-state index contributed by atoms with van der Waals surface area (Å²) in [5, 5.41) is 28.8. The molecule has 0 bridgehead atoms. The number of pyridine rings is 1. The van der Waals surface area contributed by atoms with Gasteiger partial charge in [0.25, 0.3) is 0 Å². The van der Waals surface area contributed by atoms with Crippen molar-refractivity contribution in [2.45, 2.75) is 89.3 Å². The van der Waals surface area contributed by atoms with Gasteiger partial charge in [-0.05, 0) is 76.3 Å². The highest BCUT2D eigenvalue weighted by Crippen LogP contribution is 2.34. The molecule has 11 nitrogen and oxygen atoms in total. The summed E-state index contributed by atoms with van der Waals surface area (Å²) in [5.41, 5.74) is 2.68. The minimum absolute atomic E-state index is 0.129. The van der Waals surface area contributed by atoms with Gasteiger partial charge in [0.15, 0.2) is 5.76 Å². The van der Waals surface area contributed by atoms with E-state index in [1.807, 2.05) is 106 Å². The first kappa shape index (κ1) is 37.3. The van der Waals surface area contributed by atoms with Gasteiger partial charge in [0.1, 0.15) is 6.04 Å². The molecule has 2 aromatic carbocycles. The lowest BCUT2D eigenvalue weighted by Crippen LogP contribution is -2.64. The predicted molar refractivity (Wildman–Crippen MR) is 199 cm³/mol. The second kappa shape index (κ2) is 15.7. The highest BCUT2D eigenvalue weighted by atomic mass is 16.4. The molecule has 276 valence electrons. The van der Waals surface area contributed by atoms with Crippen LogP contribution in [0, 0.1) is 5.92 Å². The number of hydrogen-bond acceptors (Lipinski definition) is 9. The van der Waals surface area contributed by atoms with Crippen LogP contribution in [-0.2, 0) is 28.0 Å². The molecule has 1 fully saturated rings. The van der Waals surface area contributed by atoms with Crippen LogP contribution in [0.1, 0.15) is 69.7 Å². The van der Waals surface area contributed by atoms with Crippen molar-refractivity contribution in [2.75, 3.05) is 26.2 Å². The first-order valence-electron chi connectivity index (χ1n) is 18.2. The van der Waals surface area contributed by atoms with Crippen molar-refractivity contribution in [3.63, 3.8) is 0 Å². The average molecular weight is 709 g/mol. The number of carbonyl (C=O) groups is 2. The summed E-state index contributed by atoms with van der Waals surface area (Å²) in [6, 6.07) is 20.3. The van der Waals surface area contributed by atoms with Crippen molar-refractivity contribution < 1.29 is 24.2 Å². The Morgan fingerprint density at radius 2 is 1.73 bits per heavy atom. The van der Waals surface area contributed by atoms with Crippen molar-refractivity contribution in [2.24, 2.45) is 5.92 Å². The number of aliphatic hydroxyl groups is 2. The number of piperazine rings is 1. The molecule has 1 aliphatic carbocycles. The Balaban J connectivity index is 1.18. The molecular formula is C41H52N6O5. The third-order valence-corrected chi connectivity index (χ3v) is 10.3. The van der Waals surface area contributed by atoms with Gasteiger partial charge in [-0.1, -0.05) is 54.6 Å². The maximum atomic E-state index is 14.0. The van der Waals surface area contributed by atoms with Crippen molar-refractivity contribution in [1.82, 2.24) is 30.4 Å². The molecular weight excluding hydrogens is 656 g/mol. The van der Waals surface area contributed by atoms with Crippen LogP contribution in [0.25, 0.3) is 11.3 Å². The van der Waals surface area contributed by atoms with Crippen molar-refractivity contribution in [1.29, 1.82) is 0 Å². The topological polar surface area (TPSA) is 144 Å². The zero-order valence-electron chi connectivity index (χ0n) is 30.8. The number of oxazole rings is 1. The van der Waals surface area contributed by atoms with Crippen LogP contribution in [0.15, 0.2) is 89.7 Å². The number of fused-ring (bicyclic) bond motifs is 1. The van der Waals surface area contributed by atoms with Crippen LogP contribution in [0.3, 0.4) is 0 Å². The van der Waals surface area contributed by atoms with E-state index in [1.54, 1.807) is 18.6 Å². The van der Waals surface area contributed by atoms with Crippen LogP contribution >= 0.6 is 0 Å². The predicted octanol–water partition coefficient (Wildman–Crippen LogP) is 4.26. The zero-order chi connectivity index (χ0) is 37.0. The molecule has 1 saturated heterocycles. The van der Waals surface area contributed by atoms with Gasteiger partial charge < -0.3 is 25.3 Å². The lowest BCUT2D eigenvalue weighted by molar-refractivity contribution is -0.134. The van der Waals surface area contributed by atoms with E-state index in [-0.39, 0.29) is 24.8 Å². The molecule has 0 saturated carbocycles. The molecule has 5 atom stereocenters. The van der Waals surface area contributed by atoms with E-state index in [9.17, 15) is 19.8 Å². The van der Waals surface area contributed by atoms with Gasteiger partial charge in [0, 0.05) is 62.0 Å². The molecule has 0 radical (unpaired) electrons. The van der Waals surface area contributed by atoms with E-state index in [2.05, 4.69) is 25.5 Å². The normalized spacial score (nSPS) is 20.9. The largest absolute Gasteiger partial charge is 0.439 e. The number of aliphatic hydroxyl groups excluding tert-OH is 2. The number of nitrogens with one attached hydrogen (secondary N) is 2. The van der Waals surface area contributed by atoms with Crippen molar-refractivity contribution >= 4 is 11.8 Å². The fourth-order valence-electron chi connectivity index (χ4n) is 7.46. The monoisotopic (exact) mass is 708 g/mol. The number of benzene rings is 2. The van der Waals surface area contributed by atoms with Gasteiger partial charge in [-0.25, -0.2) is 4.98 Å². The Kier molecular flexibility index (Phi) is 11.3. The minimum atomic E-state index is -0.890. The SMILES string of the molecule is CC(C)(C)NC(=O)[C@@H]1CN(C(C)(C)c2ncc(-c3cccnc3)o2)CCN1C[C@@H](O)C[C@H](Cc1ccccc1)C(=O)N[C@H]1c2ccccc2C[C@H]1O. The Morgan fingerprint density at radius 1 is 0.981 bits per heavy atom. The maximum Gasteiger partial charge on any atom is 0.239 e. The molecule has 4 N–H and O–H groups in total. The number of hydrogen-bond donors (Lipinski definition) is 4. The van der Waals surface area contributed by atoms with Gasteiger partial charge in [0.2, 0.25) is 17.7 Å². The molecule has 0 spiro atoms. The molecule has 1 aliphatic heterocycles. The van der Waals surface area contributed by atoms with Crippen LogP contribution in [-0.4, -0.2) is 91.8 Å². The Bertz CT molecular complexity index is 1810. The maximum absolute atomic E-state index is 14.0. The van der Waals surface area contributed by atoms with Gasteiger partial charge in [-0.2, -0.15) is 0 Å². The number of amides is 2. The number of aromatic nitrogens is 2. The second-order valence-electron chi connectivity index (χ2n) is 15.8. The van der Waals surface area contributed by atoms with Gasteiger partial charge in [-0.3, -0.25) is 24.4 Å². The summed E-state index contributed by atoms with van der Waals surface area (Å²) < 4.78 is 6.24. The summed E-state index contributed by atoms with van der Waals surface area (Å²) in [5.74, 6) is 0.267. The lowest BCUT2D eigenvalue weighted by atomic mass is 9.91. The molecule has 3 heterocycles. The molecule has 0 unspecified atom stereocenters. The number of carbonyl (C=O) groups excluding carboxylic acids is 2. The highest BCUT2D eigenvalue weighted by molar-refractivity contribution is 5.83. The van der Waals surface area contributed by atoms with E-state index in [0.29, 0.717) is 44.1 Å². The van der Waals surface area contributed by atoms with Crippen LogP contribution in [0.4, 0.5) is 0 Å². The van der Waals surface area contributed by atoms with Gasteiger partial charge in [-0.15, -0.1) is 0 Å². The van der Waals surface area contributed by atoms with E-state index < -0.39 is 41.3 Å². The molecule has 2 aromatic heterocycles. The third kappa shape index (κ3) is 8.78. The fourth-order valence-corrected chi connectivity index (χ4v) is 7.46. The molecule has 2 amide bonds. The highest BCUT2D eigenvalue weighted by Gasteiger charge is 2.43. The van der Waals surface area contributed by atoms with Crippen molar-refractivity contribution in [3.8, 4) is 11.3 Å². The van der Waals surface area contributed by atoms with E-state index in [0.717, 1.165) is 22.3 Å². The molecule has 11 heteroatoms. The number of β-amino-alcohol motifs (C(OH)–C–C–N with tert-alkyl or cyclic N) is 1. The number of nitrogens with zero attached hydrogens (tertiary/aromatic N) is 4. The first-order chi connectivity index (χ1) is 24.8. The summed E-state index contributed by atoms with van der Waals surface area (Å²) in [6.07, 6.45) is 4.65. The van der Waals surface area contributed by atoms with Gasteiger partial charge in [0.05, 0.1) is 30.0 Å². The van der Waals surface area contributed by atoms with Crippen LogP contribution in [0.2, 0.25) is 0 Å². The van der Waals surface area contributed by atoms with E-state index in [1.165, 1.54) is 0 Å². The quantitative estimate of drug-likeness (QED) is 0.170. The Hall–Kier alpha value is -4.42. The Labute approximate surface area is 306 Å². The van der Waals surface area contributed by atoms with Crippen LogP contribution < -0.4 is 10.6 Å². The third-order valence-electron chi connectivity index (χ3n) is 10.3. The average Bonchev–Trinajstić information content (AvgIpc) is 3.74. The molecule has 2 aliphatic rings. The zero-order valence-corrected chi connectivity index (χ0v) is 30.8. The van der Waals surface area contributed by atoms with E-state index >= 15 is 0 Å². The molecule has 52 heavy (non-hydrogen) atoms. The van der Waals surface area contributed by atoms with Gasteiger partial charge >= 0.3 is 0 Å². The standard InChI is InChI=1S/C41H52N6O5/c1-40(2,3)45-38(51)33-26-47(41(4,5)39-43-24-35(52-39)29-15-11-17-42-23-29)19-18-46(33)25-31(48)21-30(20-27-12-7-6-8-13-27)37(50)44-36-32-16-10-9-14-28(32)22-34(36)49/h6-17,23-24,30-31,33-34,36,48-49H,18-22,25-26H2,1-5H3,(H,44,50)(H,45,51)/t30-,31-,33-,34+,36-/m0/s1. The summed E-state index contributed by atoms with van der Waals surface area (Å²) in [6.45, 7) is 11.7.